The summed E-state index contributed by atoms with van der Waals surface area (Å²) in [6.45, 7) is 3.20. The Balaban J connectivity index is 2.52. The molecule has 1 fully saturated rings. The molecular weight excluding hydrogens is 803 g/mol. The van der Waals surface area contributed by atoms with E-state index in [1.807, 2.05) is 12.2 Å². The van der Waals surface area contributed by atoms with Crippen molar-refractivity contribution >= 4 is 19.8 Å². The Morgan fingerprint density at radius 1 is 0.508 bits per heavy atom. The fraction of sp³-hybridized carbons (Fsp3) is 0.745. The zero-order valence-electron chi connectivity index (χ0n) is 37.2. The van der Waals surface area contributed by atoms with E-state index >= 15 is 0 Å². The molecule has 8 atom stereocenters. The summed E-state index contributed by atoms with van der Waals surface area (Å²) in [4.78, 5) is 35.7. The van der Waals surface area contributed by atoms with E-state index < -0.39 is 75.7 Å². The highest BCUT2D eigenvalue weighted by Crippen LogP contribution is 2.47. The van der Waals surface area contributed by atoms with Gasteiger partial charge >= 0.3 is 19.8 Å². The summed E-state index contributed by atoms with van der Waals surface area (Å²) >= 11 is 0. The number of aliphatic hydroxyl groups excluding tert-OH is 5. The van der Waals surface area contributed by atoms with Crippen molar-refractivity contribution in [3.63, 3.8) is 0 Å². The highest BCUT2D eigenvalue weighted by Gasteiger charge is 2.51. The van der Waals surface area contributed by atoms with Crippen LogP contribution in [0.4, 0.5) is 0 Å². The van der Waals surface area contributed by atoms with Crippen LogP contribution in [0.2, 0.25) is 0 Å². The van der Waals surface area contributed by atoms with Gasteiger partial charge in [-0.25, -0.2) is 4.57 Å². The first-order valence-electron chi connectivity index (χ1n) is 23.1. The third kappa shape index (κ3) is 29.5. The van der Waals surface area contributed by atoms with Gasteiger partial charge in [0.05, 0.1) is 6.61 Å². The second kappa shape index (κ2) is 37.0. The van der Waals surface area contributed by atoms with E-state index in [1.165, 1.54) is 57.8 Å². The lowest BCUT2D eigenvalue weighted by Gasteiger charge is -2.41. The molecule has 0 bridgehead atoms. The summed E-state index contributed by atoms with van der Waals surface area (Å²) in [6, 6.07) is 0. The zero-order valence-corrected chi connectivity index (χ0v) is 38.1. The standard InChI is InChI=1S/C47H81O13P/c1-3-5-7-9-11-13-15-17-19-20-22-24-26-28-30-32-34-36-41(49)59-39(38-58-61(55,56)60-47-45(53)43(51)42(50)44(52)46(47)54)37-57-40(48)35-33-31-29-27-25-23-21-18-16-14-12-10-8-6-4-2/h12,14,17-19,21-22,24,28,30,39,42-47,50-54H,3-11,13,15-16,20,23,25-27,29,31-38H2,1-2H3,(H,55,56)/b14-12-,19-17-,21-18-,24-22-,30-28-/t39-,42?,43-,44?,45?,46?,47?/m1/s1. The number of phosphoric ester groups is 1. The predicted octanol–water partition coefficient (Wildman–Crippen LogP) is 8.94. The third-order valence-electron chi connectivity index (χ3n) is 10.3. The fourth-order valence-electron chi connectivity index (χ4n) is 6.57. The summed E-state index contributed by atoms with van der Waals surface area (Å²) in [5.41, 5.74) is 0. The van der Waals surface area contributed by atoms with Gasteiger partial charge in [0.1, 0.15) is 43.2 Å². The molecule has 6 N–H and O–H groups in total. The SMILES string of the molecule is CCCCC/C=C\C/C=C\CCCCCCCC(=O)OC[C@H](COP(=O)(O)OC1C(O)C(O)C(O)[C@@H](O)C1O)OC(=O)CCC/C=C\C/C=C\C/C=C\CCCCCCCC. The van der Waals surface area contributed by atoms with E-state index in [4.69, 9.17) is 18.5 Å². The highest BCUT2D eigenvalue weighted by molar-refractivity contribution is 7.47. The number of rotatable bonds is 37. The molecule has 0 aromatic rings. The molecule has 1 aliphatic rings. The molecule has 0 radical (unpaired) electrons. The first kappa shape index (κ1) is 56.6. The number of phosphoric acid groups is 1. The van der Waals surface area contributed by atoms with Crippen LogP contribution in [0.1, 0.15) is 168 Å². The van der Waals surface area contributed by atoms with Crippen LogP contribution in [0.5, 0.6) is 0 Å². The molecule has 0 saturated heterocycles. The molecule has 61 heavy (non-hydrogen) atoms. The number of esters is 2. The van der Waals surface area contributed by atoms with E-state index in [1.54, 1.807) is 0 Å². The van der Waals surface area contributed by atoms with Crippen LogP contribution in [0.15, 0.2) is 60.8 Å². The first-order chi connectivity index (χ1) is 29.4. The Labute approximate surface area is 366 Å². The van der Waals surface area contributed by atoms with Crippen LogP contribution in [-0.2, 0) is 32.7 Å². The van der Waals surface area contributed by atoms with E-state index in [2.05, 4.69) is 62.5 Å². The highest BCUT2D eigenvalue weighted by atomic mass is 31.2. The van der Waals surface area contributed by atoms with Crippen LogP contribution < -0.4 is 0 Å². The van der Waals surface area contributed by atoms with Crippen molar-refractivity contribution in [2.45, 2.75) is 211 Å². The molecule has 13 nitrogen and oxygen atoms in total. The molecule has 1 rings (SSSR count). The largest absolute Gasteiger partial charge is 0.472 e. The average molecular weight is 885 g/mol. The molecule has 0 spiro atoms. The lowest BCUT2D eigenvalue weighted by atomic mass is 9.85. The van der Waals surface area contributed by atoms with Gasteiger partial charge in [-0.3, -0.25) is 18.6 Å². The summed E-state index contributed by atoms with van der Waals surface area (Å²) in [5.74, 6) is -1.18. The molecule has 0 heterocycles. The van der Waals surface area contributed by atoms with Crippen molar-refractivity contribution in [3.05, 3.63) is 60.8 Å². The van der Waals surface area contributed by atoms with Crippen LogP contribution >= 0.6 is 7.82 Å². The predicted molar refractivity (Wildman–Crippen MR) is 239 cm³/mol. The van der Waals surface area contributed by atoms with Crippen LogP contribution in [0.25, 0.3) is 0 Å². The first-order valence-corrected chi connectivity index (χ1v) is 24.6. The molecule has 0 aromatic carbocycles. The van der Waals surface area contributed by atoms with Gasteiger partial charge in [-0.05, 0) is 77.0 Å². The monoisotopic (exact) mass is 885 g/mol. The van der Waals surface area contributed by atoms with Crippen molar-refractivity contribution in [1.29, 1.82) is 0 Å². The zero-order chi connectivity index (χ0) is 45.0. The maximum atomic E-state index is 12.8. The van der Waals surface area contributed by atoms with Gasteiger partial charge < -0.3 is 39.9 Å². The van der Waals surface area contributed by atoms with Crippen molar-refractivity contribution in [2.24, 2.45) is 0 Å². The van der Waals surface area contributed by atoms with Gasteiger partial charge in [-0.2, -0.15) is 0 Å². The second-order valence-electron chi connectivity index (χ2n) is 15.9. The maximum Gasteiger partial charge on any atom is 0.472 e. The van der Waals surface area contributed by atoms with E-state index in [-0.39, 0.29) is 12.8 Å². The number of carbonyl (C=O) groups excluding carboxylic acids is 2. The Bertz CT molecular complexity index is 1300. The minimum Gasteiger partial charge on any atom is -0.462 e. The molecule has 6 unspecified atom stereocenters. The van der Waals surface area contributed by atoms with Gasteiger partial charge in [0.25, 0.3) is 0 Å². The van der Waals surface area contributed by atoms with Gasteiger partial charge in [-0.15, -0.1) is 0 Å². The van der Waals surface area contributed by atoms with Crippen molar-refractivity contribution in [3.8, 4) is 0 Å². The van der Waals surface area contributed by atoms with Gasteiger partial charge in [0.15, 0.2) is 6.10 Å². The molecular formula is C47H81O13P. The number of ether oxygens (including phenoxy) is 2. The molecule has 0 amide bonds. The molecule has 0 aromatic heterocycles. The smallest absolute Gasteiger partial charge is 0.462 e. The van der Waals surface area contributed by atoms with Crippen molar-refractivity contribution < 1.29 is 63.1 Å². The number of hydrogen-bond donors (Lipinski definition) is 6. The summed E-state index contributed by atoms with van der Waals surface area (Å²) in [5, 5.41) is 50.1. The topological polar surface area (TPSA) is 210 Å². The normalized spacial score (nSPS) is 22.6. The molecule has 1 saturated carbocycles. The number of hydrogen-bond acceptors (Lipinski definition) is 12. The fourth-order valence-corrected chi connectivity index (χ4v) is 7.54. The quantitative estimate of drug-likeness (QED) is 0.0149. The average Bonchev–Trinajstić information content (AvgIpc) is 3.24. The van der Waals surface area contributed by atoms with Gasteiger partial charge in [-0.1, -0.05) is 139 Å². The van der Waals surface area contributed by atoms with E-state index in [0.29, 0.717) is 19.3 Å². The molecule has 352 valence electrons. The Kier molecular flexibility index (Phi) is 34.3. The Morgan fingerprint density at radius 3 is 1.43 bits per heavy atom. The second-order valence-corrected chi connectivity index (χ2v) is 17.3. The van der Waals surface area contributed by atoms with Crippen LogP contribution in [0, 0.1) is 0 Å². The van der Waals surface area contributed by atoms with Gasteiger partial charge in [0.2, 0.25) is 0 Å². The Morgan fingerprint density at radius 2 is 0.902 bits per heavy atom. The maximum absolute atomic E-state index is 12.8. The van der Waals surface area contributed by atoms with Crippen LogP contribution in [0.3, 0.4) is 0 Å². The number of carbonyl (C=O) groups is 2. The van der Waals surface area contributed by atoms with E-state index in [9.17, 15) is 44.6 Å². The Hall–Kier alpha value is -2.45. The minimum atomic E-state index is -5.14. The van der Waals surface area contributed by atoms with Crippen LogP contribution in [-0.4, -0.2) is 98.3 Å². The summed E-state index contributed by atoms with van der Waals surface area (Å²) in [6.07, 6.45) is 31.4. The lowest BCUT2D eigenvalue weighted by Crippen LogP contribution is -2.64. The number of unbranched alkanes of at least 4 members (excludes halogenated alkanes) is 15. The molecule has 0 aliphatic heterocycles. The number of aliphatic hydroxyl groups is 5. The minimum absolute atomic E-state index is 0.0197. The van der Waals surface area contributed by atoms with Gasteiger partial charge in [0, 0.05) is 12.8 Å². The third-order valence-corrected chi connectivity index (χ3v) is 11.3. The lowest BCUT2D eigenvalue weighted by molar-refractivity contribution is -0.220. The van der Waals surface area contributed by atoms with E-state index in [0.717, 1.165) is 64.2 Å². The van der Waals surface area contributed by atoms with Crippen molar-refractivity contribution in [1.82, 2.24) is 0 Å². The summed E-state index contributed by atoms with van der Waals surface area (Å²) < 4.78 is 33.4. The van der Waals surface area contributed by atoms with Crippen molar-refractivity contribution in [2.75, 3.05) is 13.2 Å². The molecule has 14 heteroatoms. The summed E-state index contributed by atoms with van der Waals surface area (Å²) in [7, 11) is -5.14. The number of allylic oxidation sites excluding steroid dienone is 10. The molecule has 1 aliphatic carbocycles.